The van der Waals surface area contributed by atoms with Gasteiger partial charge < -0.3 is 9.64 Å². The molecule has 0 bridgehead atoms. The van der Waals surface area contributed by atoms with E-state index in [0.717, 1.165) is 32.6 Å². The van der Waals surface area contributed by atoms with E-state index < -0.39 is 0 Å². The lowest BCUT2D eigenvalue weighted by atomic mass is 10.1. The van der Waals surface area contributed by atoms with E-state index in [9.17, 15) is 4.79 Å². The maximum absolute atomic E-state index is 13.4. The number of hydrogen-bond donors (Lipinski definition) is 0. The Hall–Kier alpha value is -2.85. The van der Waals surface area contributed by atoms with E-state index in [1.54, 1.807) is 0 Å². The Labute approximate surface area is 173 Å². The van der Waals surface area contributed by atoms with Crippen LogP contribution in [-0.4, -0.2) is 12.5 Å². The number of nitrogens with zero attached hydrogens (tertiary/aromatic N) is 1. The van der Waals surface area contributed by atoms with Crippen LogP contribution in [0, 0.1) is 6.92 Å². The van der Waals surface area contributed by atoms with Gasteiger partial charge in [-0.15, -0.1) is 0 Å². The van der Waals surface area contributed by atoms with Gasteiger partial charge in [0.05, 0.1) is 12.1 Å². The van der Waals surface area contributed by atoms with Crippen molar-refractivity contribution in [3.05, 3.63) is 99.5 Å². The van der Waals surface area contributed by atoms with E-state index in [2.05, 4.69) is 15.9 Å². The van der Waals surface area contributed by atoms with Gasteiger partial charge in [-0.05, 0) is 48.9 Å². The van der Waals surface area contributed by atoms with Gasteiger partial charge in [-0.25, -0.2) is 0 Å². The van der Waals surface area contributed by atoms with Crippen molar-refractivity contribution < 1.29 is 9.53 Å². The molecule has 1 aliphatic heterocycles. The van der Waals surface area contributed by atoms with Crippen LogP contribution in [0.25, 0.3) is 6.08 Å². The van der Waals surface area contributed by atoms with E-state index in [1.165, 1.54) is 0 Å². The SMILES string of the molecule is Cc1ccc(N(Cc2ccc(Br)cc2)C(=O)C2=Cc3ccccc3OC2)cc1. The second kappa shape index (κ2) is 8.03. The standard InChI is InChI=1S/C24H20BrNO2/c1-17-6-12-22(13-7-17)26(15-18-8-10-21(25)11-9-18)24(27)20-14-19-4-2-3-5-23(19)28-16-20/h2-14H,15-16H2,1H3. The first-order chi connectivity index (χ1) is 13.6. The Bertz CT molecular complexity index is 1020. The zero-order valence-electron chi connectivity index (χ0n) is 15.6. The van der Waals surface area contributed by atoms with E-state index in [-0.39, 0.29) is 12.5 Å². The molecular weight excluding hydrogens is 414 g/mol. The molecule has 140 valence electrons. The average Bonchev–Trinajstić information content (AvgIpc) is 2.73. The summed E-state index contributed by atoms with van der Waals surface area (Å²) >= 11 is 3.47. The Kier molecular flexibility index (Phi) is 5.31. The number of halogens is 1. The first-order valence-electron chi connectivity index (χ1n) is 9.15. The summed E-state index contributed by atoms with van der Waals surface area (Å²) in [6.07, 6.45) is 1.93. The molecule has 1 aliphatic rings. The minimum atomic E-state index is -0.0405. The van der Waals surface area contributed by atoms with E-state index in [0.29, 0.717) is 12.1 Å². The number of ether oxygens (including phenoxy) is 1. The van der Waals surface area contributed by atoms with E-state index in [1.807, 2.05) is 90.7 Å². The molecule has 28 heavy (non-hydrogen) atoms. The summed E-state index contributed by atoms with van der Waals surface area (Å²) in [6.45, 7) is 2.81. The fraction of sp³-hybridized carbons (Fsp3) is 0.125. The summed E-state index contributed by atoms with van der Waals surface area (Å²) in [6, 6.07) is 23.8. The molecule has 0 fully saturated rings. The van der Waals surface area contributed by atoms with Crippen LogP contribution < -0.4 is 9.64 Å². The molecule has 0 radical (unpaired) electrons. The number of carbonyl (C=O) groups is 1. The quantitative estimate of drug-likeness (QED) is 0.522. The van der Waals surface area contributed by atoms with Gasteiger partial charge in [0.2, 0.25) is 0 Å². The summed E-state index contributed by atoms with van der Waals surface area (Å²) in [4.78, 5) is 15.2. The fourth-order valence-corrected chi connectivity index (χ4v) is 3.45. The maximum atomic E-state index is 13.4. The van der Waals surface area contributed by atoms with Crippen LogP contribution >= 0.6 is 15.9 Å². The monoisotopic (exact) mass is 433 g/mol. The van der Waals surface area contributed by atoms with Crippen LogP contribution in [0.4, 0.5) is 5.69 Å². The highest BCUT2D eigenvalue weighted by molar-refractivity contribution is 9.10. The summed E-state index contributed by atoms with van der Waals surface area (Å²) < 4.78 is 6.82. The molecule has 3 nitrogen and oxygen atoms in total. The molecular formula is C24H20BrNO2. The molecule has 0 saturated carbocycles. The van der Waals surface area contributed by atoms with Gasteiger partial charge in [-0.1, -0.05) is 64.0 Å². The predicted octanol–water partition coefficient (Wildman–Crippen LogP) is 5.77. The van der Waals surface area contributed by atoms with Gasteiger partial charge in [0.25, 0.3) is 5.91 Å². The molecule has 0 unspecified atom stereocenters. The Morgan fingerprint density at radius 3 is 2.46 bits per heavy atom. The fourth-order valence-electron chi connectivity index (χ4n) is 3.19. The molecule has 0 aliphatic carbocycles. The second-order valence-electron chi connectivity index (χ2n) is 6.85. The third-order valence-electron chi connectivity index (χ3n) is 4.75. The number of rotatable bonds is 4. The van der Waals surface area contributed by atoms with Crippen molar-refractivity contribution in [3.8, 4) is 5.75 Å². The normalized spacial score (nSPS) is 12.6. The zero-order chi connectivity index (χ0) is 19.5. The molecule has 0 saturated heterocycles. The third-order valence-corrected chi connectivity index (χ3v) is 5.28. The number of aryl methyl sites for hydroxylation is 1. The van der Waals surface area contributed by atoms with E-state index in [4.69, 9.17) is 4.74 Å². The number of para-hydroxylation sites is 1. The van der Waals surface area contributed by atoms with Crippen molar-refractivity contribution in [2.45, 2.75) is 13.5 Å². The highest BCUT2D eigenvalue weighted by Crippen LogP contribution is 2.28. The number of hydrogen-bond acceptors (Lipinski definition) is 2. The summed E-state index contributed by atoms with van der Waals surface area (Å²) in [7, 11) is 0. The molecule has 1 heterocycles. The van der Waals surface area contributed by atoms with Crippen molar-refractivity contribution in [1.82, 2.24) is 0 Å². The number of benzene rings is 3. The Morgan fingerprint density at radius 1 is 1.00 bits per heavy atom. The minimum absolute atomic E-state index is 0.0405. The van der Waals surface area contributed by atoms with Gasteiger partial charge >= 0.3 is 0 Å². The summed E-state index contributed by atoms with van der Waals surface area (Å²) in [5.41, 5.74) is 4.68. The summed E-state index contributed by atoms with van der Waals surface area (Å²) in [5, 5.41) is 0. The van der Waals surface area contributed by atoms with Crippen LogP contribution in [0.2, 0.25) is 0 Å². The number of fused-ring (bicyclic) bond motifs is 1. The molecule has 4 heteroatoms. The molecule has 0 N–H and O–H groups in total. The second-order valence-corrected chi connectivity index (χ2v) is 7.77. The van der Waals surface area contributed by atoms with Crippen molar-refractivity contribution in [2.75, 3.05) is 11.5 Å². The predicted molar refractivity (Wildman–Crippen MR) is 116 cm³/mol. The van der Waals surface area contributed by atoms with Crippen LogP contribution in [-0.2, 0) is 11.3 Å². The molecule has 1 amide bonds. The van der Waals surface area contributed by atoms with Crippen molar-refractivity contribution in [3.63, 3.8) is 0 Å². The van der Waals surface area contributed by atoms with Gasteiger partial charge in [-0.2, -0.15) is 0 Å². The first-order valence-corrected chi connectivity index (χ1v) is 9.95. The van der Waals surface area contributed by atoms with Gasteiger partial charge in [0.15, 0.2) is 0 Å². The lowest BCUT2D eigenvalue weighted by Crippen LogP contribution is -2.34. The zero-order valence-corrected chi connectivity index (χ0v) is 17.1. The minimum Gasteiger partial charge on any atom is -0.488 e. The first kappa shape index (κ1) is 18.5. The van der Waals surface area contributed by atoms with Crippen molar-refractivity contribution in [2.24, 2.45) is 0 Å². The maximum Gasteiger partial charge on any atom is 0.257 e. The number of anilines is 1. The third kappa shape index (κ3) is 4.02. The van der Waals surface area contributed by atoms with Gasteiger partial charge in [0.1, 0.15) is 12.4 Å². The van der Waals surface area contributed by atoms with E-state index >= 15 is 0 Å². The number of carbonyl (C=O) groups excluding carboxylic acids is 1. The van der Waals surface area contributed by atoms with Crippen molar-refractivity contribution in [1.29, 1.82) is 0 Å². The van der Waals surface area contributed by atoms with Crippen LogP contribution in [0.5, 0.6) is 5.75 Å². The topological polar surface area (TPSA) is 29.5 Å². The Morgan fingerprint density at radius 2 is 1.71 bits per heavy atom. The molecule has 3 aromatic carbocycles. The number of amides is 1. The molecule has 0 spiro atoms. The smallest absolute Gasteiger partial charge is 0.257 e. The van der Waals surface area contributed by atoms with Crippen LogP contribution in [0.1, 0.15) is 16.7 Å². The molecule has 3 aromatic rings. The molecule has 4 rings (SSSR count). The highest BCUT2D eigenvalue weighted by Gasteiger charge is 2.23. The Balaban J connectivity index is 1.68. The van der Waals surface area contributed by atoms with Crippen LogP contribution in [0.3, 0.4) is 0 Å². The van der Waals surface area contributed by atoms with Gasteiger partial charge in [-0.3, -0.25) is 4.79 Å². The average molecular weight is 434 g/mol. The summed E-state index contributed by atoms with van der Waals surface area (Å²) in [5.74, 6) is 0.773. The molecule has 0 aromatic heterocycles. The lowest BCUT2D eigenvalue weighted by Gasteiger charge is -2.26. The highest BCUT2D eigenvalue weighted by atomic mass is 79.9. The largest absolute Gasteiger partial charge is 0.488 e. The lowest BCUT2D eigenvalue weighted by molar-refractivity contribution is -0.115. The van der Waals surface area contributed by atoms with Gasteiger partial charge in [0, 0.05) is 15.7 Å². The van der Waals surface area contributed by atoms with Crippen molar-refractivity contribution >= 4 is 33.6 Å². The molecule has 0 atom stereocenters. The van der Waals surface area contributed by atoms with Crippen LogP contribution in [0.15, 0.2) is 82.8 Å².